The average molecular weight is 291 g/mol. The third-order valence-corrected chi connectivity index (χ3v) is 4.17. The molecule has 2 heterocycles. The lowest BCUT2D eigenvalue weighted by atomic mass is 10.3. The summed E-state index contributed by atoms with van der Waals surface area (Å²) in [6.07, 6.45) is 5.41. The largest absolute Gasteiger partial charge is 0.432 e. The summed E-state index contributed by atoms with van der Waals surface area (Å²) in [4.78, 5) is 6.92. The van der Waals surface area contributed by atoms with Crippen LogP contribution in [0.3, 0.4) is 0 Å². The first kappa shape index (κ1) is 13.6. The Labute approximate surface area is 123 Å². The highest BCUT2D eigenvalue weighted by atomic mass is 32.1. The molecule has 0 unspecified atom stereocenters. The lowest BCUT2D eigenvalue weighted by molar-refractivity contribution is 0.527. The van der Waals surface area contributed by atoms with Gasteiger partial charge >= 0.3 is 0 Å². The van der Waals surface area contributed by atoms with Gasteiger partial charge in [-0.15, -0.1) is 0 Å². The number of oxazole rings is 1. The Hall–Kier alpha value is -1.33. The standard InChI is InChI=1S/C15H21N3OS/c1-2-6-16-8-13-10-19-15(17-13)18(14-3-4-14)9-12-5-7-20-11-12/h5,7,10-11,14,16H,2-4,6,8-9H2,1H3. The molecule has 1 fully saturated rings. The second-order valence-corrected chi connectivity index (χ2v) is 6.07. The van der Waals surface area contributed by atoms with Crippen molar-refractivity contribution < 1.29 is 4.42 Å². The van der Waals surface area contributed by atoms with Gasteiger partial charge in [0.2, 0.25) is 0 Å². The van der Waals surface area contributed by atoms with Crippen molar-refractivity contribution in [3.8, 4) is 0 Å². The minimum Gasteiger partial charge on any atom is -0.432 e. The highest BCUT2D eigenvalue weighted by Gasteiger charge is 2.32. The third kappa shape index (κ3) is 3.41. The highest BCUT2D eigenvalue weighted by Crippen LogP contribution is 2.32. The minimum absolute atomic E-state index is 0.602. The Morgan fingerprint density at radius 3 is 3.10 bits per heavy atom. The molecule has 0 amide bonds. The van der Waals surface area contributed by atoms with Crippen molar-refractivity contribution in [1.29, 1.82) is 0 Å². The molecule has 0 aromatic carbocycles. The Bertz CT molecular complexity index is 519. The van der Waals surface area contributed by atoms with Gasteiger partial charge in [-0.25, -0.2) is 0 Å². The van der Waals surface area contributed by atoms with Crippen LogP contribution in [0.1, 0.15) is 37.4 Å². The molecule has 108 valence electrons. The number of aromatic nitrogens is 1. The van der Waals surface area contributed by atoms with Crippen molar-refractivity contribution in [1.82, 2.24) is 10.3 Å². The predicted octanol–water partition coefficient (Wildman–Crippen LogP) is 3.40. The first-order chi connectivity index (χ1) is 9.86. The summed E-state index contributed by atoms with van der Waals surface area (Å²) >= 11 is 1.74. The first-order valence-electron chi connectivity index (χ1n) is 7.29. The molecule has 1 saturated carbocycles. The fourth-order valence-electron chi connectivity index (χ4n) is 2.22. The fourth-order valence-corrected chi connectivity index (χ4v) is 2.88. The maximum atomic E-state index is 5.69. The van der Waals surface area contributed by atoms with Crippen LogP contribution in [-0.4, -0.2) is 17.6 Å². The number of hydrogen-bond donors (Lipinski definition) is 1. The number of nitrogens with one attached hydrogen (secondary N) is 1. The summed E-state index contributed by atoms with van der Waals surface area (Å²) in [5.41, 5.74) is 2.33. The predicted molar refractivity (Wildman–Crippen MR) is 82.0 cm³/mol. The van der Waals surface area contributed by atoms with E-state index < -0.39 is 0 Å². The number of hydrogen-bond acceptors (Lipinski definition) is 5. The zero-order valence-electron chi connectivity index (χ0n) is 11.8. The van der Waals surface area contributed by atoms with Gasteiger partial charge in [0.15, 0.2) is 0 Å². The van der Waals surface area contributed by atoms with Gasteiger partial charge in [-0.2, -0.15) is 16.3 Å². The minimum atomic E-state index is 0.602. The maximum absolute atomic E-state index is 5.69. The number of thiophene rings is 1. The molecule has 0 aliphatic heterocycles. The zero-order chi connectivity index (χ0) is 13.8. The van der Waals surface area contributed by atoms with E-state index in [1.165, 1.54) is 18.4 Å². The molecule has 1 aliphatic carbocycles. The second-order valence-electron chi connectivity index (χ2n) is 5.29. The van der Waals surface area contributed by atoms with Gasteiger partial charge in [-0.1, -0.05) is 6.92 Å². The van der Waals surface area contributed by atoms with Gasteiger partial charge in [0.25, 0.3) is 6.01 Å². The van der Waals surface area contributed by atoms with Crippen LogP contribution in [0.2, 0.25) is 0 Å². The Balaban J connectivity index is 1.65. The van der Waals surface area contributed by atoms with Crippen molar-refractivity contribution in [2.75, 3.05) is 11.4 Å². The maximum Gasteiger partial charge on any atom is 0.298 e. The number of anilines is 1. The normalized spacial score (nSPS) is 14.7. The van der Waals surface area contributed by atoms with E-state index in [1.807, 2.05) is 0 Å². The molecule has 20 heavy (non-hydrogen) atoms. The highest BCUT2D eigenvalue weighted by molar-refractivity contribution is 7.07. The van der Waals surface area contributed by atoms with Crippen LogP contribution in [0.25, 0.3) is 0 Å². The monoisotopic (exact) mass is 291 g/mol. The van der Waals surface area contributed by atoms with E-state index in [-0.39, 0.29) is 0 Å². The molecule has 0 radical (unpaired) electrons. The van der Waals surface area contributed by atoms with Crippen LogP contribution in [-0.2, 0) is 13.1 Å². The van der Waals surface area contributed by atoms with Gasteiger partial charge in [0, 0.05) is 19.1 Å². The first-order valence-corrected chi connectivity index (χ1v) is 8.24. The van der Waals surface area contributed by atoms with Crippen molar-refractivity contribution in [2.45, 2.75) is 45.3 Å². The second kappa shape index (κ2) is 6.41. The fraction of sp³-hybridized carbons (Fsp3) is 0.533. The van der Waals surface area contributed by atoms with Gasteiger partial charge < -0.3 is 14.6 Å². The van der Waals surface area contributed by atoms with Crippen molar-refractivity contribution in [2.24, 2.45) is 0 Å². The van der Waals surface area contributed by atoms with Crippen molar-refractivity contribution in [3.63, 3.8) is 0 Å². The molecular weight excluding hydrogens is 270 g/mol. The van der Waals surface area contributed by atoms with E-state index in [0.717, 1.165) is 37.8 Å². The molecule has 2 aromatic rings. The van der Waals surface area contributed by atoms with E-state index in [9.17, 15) is 0 Å². The third-order valence-electron chi connectivity index (χ3n) is 3.44. The Morgan fingerprint density at radius 1 is 1.50 bits per heavy atom. The van der Waals surface area contributed by atoms with Crippen molar-refractivity contribution >= 4 is 17.4 Å². The van der Waals surface area contributed by atoms with Crippen molar-refractivity contribution in [3.05, 3.63) is 34.3 Å². The lowest BCUT2D eigenvalue weighted by Gasteiger charge is -2.19. The van der Waals surface area contributed by atoms with E-state index >= 15 is 0 Å². The molecule has 0 spiro atoms. The number of rotatable bonds is 8. The van der Waals surface area contributed by atoms with Crippen LogP contribution in [0.5, 0.6) is 0 Å². The molecule has 0 atom stereocenters. The van der Waals surface area contributed by atoms with E-state index in [2.05, 4.69) is 39.0 Å². The Kier molecular flexibility index (Phi) is 4.38. The molecular formula is C15H21N3OS. The zero-order valence-corrected chi connectivity index (χ0v) is 12.7. The van der Waals surface area contributed by atoms with Crippen LogP contribution >= 0.6 is 11.3 Å². The summed E-state index contributed by atoms with van der Waals surface area (Å²) in [5, 5.41) is 7.67. The molecule has 1 N–H and O–H groups in total. The molecule has 5 heteroatoms. The molecule has 0 saturated heterocycles. The van der Waals surface area contributed by atoms with Gasteiger partial charge in [-0.3, -0.25) is 0 Å². The topological polar surface area (TPSA) is 41.3 Å². The Morgan fingerprint density at radius 2 is 2.40 bits per heavy atom. The molecule has 0 bridgehead atoms. The quantitative estimate of drug-likeness (QED) is 0.757. The summed E-state index contributed by atoms with van der Waals surface area (Å²) in [7, 11) is 0. The average Bonchev–Trinajstić information content (AvgIpc) is 2.98. The SMILES string of the molecule is CCCNCc1coc(N(Cc2ccsc2)C2CC2)n1. The number of nitrogens with zero attached hydrogens (tertiary/aromatic N) is 2. The van der Waals surface area contributed by atoms with Gasteiger partial charge in [0.05, 0.1) is 5.69 Å². The summed E-state index contributed by atoms with van der Waals surface area (Å²) in [6, 6.07) is 3.55. The smallest absolute Gasteiger partial charge is 0.298 e. The van der Waals surface area contributed by atoms with Crippen LogP contribution in [0.4, 0.5) is 6.01 Å². The van der Waals surface area contributed by atoms with Gasteiger partial charge in [-0.05, 0) is 48.2 Å². The molecule has 1 aliphatic rings. The van der Waals surface area contributed by atoms with Crippen LogP contribution < -0.4 is 10.2 Å². The molecule has 2 aromatic heterocycles. The lowest BCUT2D eigenvalue weighted by Crippen LogP contribution is -2.25. The van der Waals surface area contributed by atoms with E-state index in [1.54, 1.807) is 17.6 Å². The summed E-state index contributed by atoms with van der Waals surface area (Å²) in [5.74, 6) is 0. The van der Waals surface area contributed by atoms with Crippen LogP contribution in [0, 0.1) is 0 Å². The summed E-state index contributed by atoms with van der Waals surface area (Å²) < 4.78 is 5.69. The molecule has 4 nitrogen and oxygen atoms in total. The summed E-state index contributed by atoms with van der Waals surface area (Å²) in [6.45, 7) is 4.87. The van der Waals surface area contributed by atoms with Gasteiger partial charge in [0.1, 0.15) is 6.26 Å². The van der Waals surface area contributed by atoms with E-state index in [4.69, 9.17) is 4.42 Å². The van der Waals surface area contributed by atoms with E-state index in [0.29, 0.717) is 6.04 Å². The van der Waals surface area contributed by atoms with Crippen LogP contribution in [0.15, 0.2) is 27.5 Å². The molecule has 3 rings (SSSR count).